The molecule has 0 radical (unpaired) electrons. The highest BCUT2D eigenvalue weighted by molar-refractivity contribution is 5.93. The van der Waals surface area contributed by atoms with Crippen LogP contribution >= 0.6 is 0 Å². The summed E-state index contributed by atoms with van der Waals surface area (Å²) in [5, 5.41) is 0. The summed E-state index contributed by atoms with van der Waals surface area (Å²) in [5.41, 5.74) is 0.504. The molecule has 2 fully saturated rings. The summed E-state index contributed by atoms with van der Waals surface area (Å²) in [4.78, 5) is 40.5. The molecule has 2 amide bonds. The number of carbonyl (C=O) groups is 2. The van der Waals surface area contributed by atoms with Gasteiger partial charge in [0.05, 0.1) is 5.56 Å². The van der Waals surface area contributed by atoms with Gasteiger partial charge in [-0.25, -0.2) is 9.97 Å². The number of hydrogen-bond donors (Lipinski definition) is 0. The predicted octanol–water partition coefficient (Wildman–Crippen LogP) is -0.467. The number of aromatic nitrogens is 2. The third kappa shape index (κ3) is 3.64. The van der Waals surface area contributed by atoms with Crippen molar-refractivity contribution in [2.24, 2.45) is 0 Å². The molecule has 0 atom stereocenters. The average Bonchev–Trinajstić information content (AvgIpc) is 2.62. The number of piperazine rings is 2. The highest BCUT2D eigenvalue weighted by atomic mass is 16.2. The molecule has 0 N–H and O–H groups in total. The first-order valence-electron chi connectivity index (χ1n) is 8.35. The van der Waals surface area contributed by atoms with Crippen molar-refractivity contribution < 1.29 is 9.59 Å². The van der Waals surface area contributed by atoms with Crippen molar-refractivity contribution in [3.63, 3.8) is 0 Å². The summed E-state index contributed by atoms with van der Waals surface area (Å²) < 4.78 is 0. The van der Waals surface area contributed by atoms with E-state index in [1.54, 1.807) is 29.1 Å². The minimum Gasteiger partial charge on any atom is -0.339 e. The molecule has 2 aliphatic heterocycles. The van der Waals surface area contributed by atoms with E-state index in [1.165, 1.54) is 0 Å². The van der Waals surface area contributed by atoms with Crippen LogP contribution in [0.1, 0.15) is 17.3 Å². The van der Waals surface area contributed by atoms with Crippen LogP contribution in [0.3, 0.4) is 0 Å². The van der Waals surface area contributed by atoms with Crippen LogP contribution in [0.25, 0.3) is 0 Å². The van der Waals surface area contributed by atoms with Gasteiger partial charge in [-0.15, -0.1) is 0 Å². The zero-order chi connectivity index (χ0) is 17.1. The summed E-state index contributed by atoms with van der Waals surface area (Å²) in [6.45, 7) is 7.62. The van der Waals surface area contributed by atoms with Gasteiger partial charge in [0, 0.05) is 71.7 Å². The maximum atomic E-state index is 12.5. The van der Waals surface area contributed by atoms with Gasteiger partial charge in [-0.05, 0) is 7.05 Å². The Morgan fingerprint density at radius 3 is 1.96 bits per heavy atom. The molecule has 130 valence electrons. The summed E-state index contributed by atoms with van der Waals surface area (Å²) in [6.07, 6.45) is 3.22. The number of rotatable bonds is 2. The van der Waals surface area contributed by atoms with Gasteiger partial charge in [0.25, 0.3) is 5.91 Å². The summed E-state index contributed by atoms with van der Waals surface area (Å²) in [5.74, 6) is 0.672. The monoisotopic (exact) mass is 332 g/mol. The van der Waals surface area contributed by atoms with Crippen molar-refractivity contribution in [1.29, 1.82) is 0 Å². The Morgan fingerprint density at radius 2 is 1.42 bits per heavy atom. The molecule has 0 bridgehead atoms. The number of carbonyl (C=O) groups excluding carboxylic acids is 2. The molecule has 0 unspecified atom stereocenters. The maximum absolute atomic E-state index is 12.5. The molecule has 0 aromatic carbocycles. The lowest BCUT2D eigenvalue weighted by molar-refractivity contribution is -0.130. The first-order chi connectivity index (χ1) is 11.5. The SMILES string of the molecule is CC(=O)N1CCN(C(=O)c2cnc(N3CCN(C)CC3)nc2)CC1. The topological polar surface area (TPSA) is 72.9 Å². The van der Waals surface area contributed by atoms with Crippen molar-refractivity contribution in [3.05, 3.63) is 18.0 Å². The molecule has 8 heteroatoms. The zero-order valence-corrected chi connectivity index (χ0v) is 14.3. The molecule has 0 saturated carbocycles. The van der Waals surface area contributed by atoms with Gasteiger partial charge in [-0.1, -0.05) is 0 Å². The Morgan fingerprint density at radius 1 is 0.875 bits per heavy atom. The lowest BCUT2D eigenvalue weighted by Crippen LogP contribution is -2.50. The van der Waals surface area contributed by atoms with Gasteiger partial charge >= 0.3 is 0 Å². The summed E-state index contributed by atoms with van der Waals surface area (Å²) >= 11 is 0. The van der Waals surface area contributed by atoms with E-state index < -0.39 is 0 Å². The number of amides is 2. The van der Waals surface area contributed by atoms with Crippen LogP contribution in [-0.2, 0) is 4.79 Å². The van der Waals surface area contributed by atoms with Crippen molar-refractivity contribution in [2.75, 3.05) is 64.3 Å². The number of anilines is 1. The number of hydrogen-bond acceptors (Lipinski definition) is 6. The second kappa shape index (κ2) is 7.12. The Hall–Kier alpha value is -2.22. The fourth-order valence-electron chi connectivity index (χ4n) is 3.01. The van der Waals surface area contributed by atoms with E-state index in [0.717, 1.165) is 26.2 Å². The number of nitrogens with zero attached hydrogens (tertiary/aromatic N) is 6. The van der Waals surface area contributed by atoms with E-state index in [9.17, 15) is 9.59 Å². The molecule has 24 heavy (non-hydrogen) atoms. The van der Waals surface area contributed by atoms with Crippen LogP contribution in [0.4, 0.5) is 5.95 Å². The van der Waals surface area contributed by atoms with E-state index in [-0.39, 0.29) is 11.8 Å². The minimum atomic E-state index is -0.0665. The largest absolute Gasteiger partial charge is 0.339 e. The van der Waals surface area contributed by atoms with Crippen LogP contribution in [0, 0.1) is 0 Å². The van der Waals surface area contributed by atoms with Gasteiger partial charge in [0.1, 0.15) is 0 Å². The van der Waals surface area contributed by atoms with Gasteiger partial charge in [0.2, 0.25) is 11.9 Å². The predicted molar refractivity (Wildman–Crippen MR) is 89.9 cm³/mol. The lowest BCUT2D eigenvalue weighted by Gasteiger charge is -2.34. The fraction of sp³-hybridized carbons (Fsp3) is 0.625. The standard InChI is InChI=1S/C16H24N6O2/c1-13(23)20-7-9-21(10-8-20)15(24)14-11-17-16(18-12-14)22-5-3-19(2)4-6-22/h11-12H,3-10H2,1-2H3. The second-order valence-corrected chi connectivity index (χ2v) is 6.36. The van der Waals surface area contributed by atoms with E-state index in [0.29, 0.717) is 37.7 Å². The van der Waals surface area contributed by atoms with Gasteiger partial charge in [-0.2, -0.15) is 0 Å². The van der Waals surface area contributed by atoms with E-state index in [2.05, 4.69) is 26.8 Å². The average molecular weight is 332 g/mol. The van der Waals surface area contributed by atoms with Gasteiger partial charge in [0.15, 0.2) is 0 Å². The molecule has 1 aromatic heterocycles. The third-order valence-corrected chi connectivity index (χ3v) is 4.68. The molecule has 1 aromatic rings. The Kier molecular flexibility index (Phi) is 4.94. The normalized spacial score (nSPS) is 19.5. The third-order valence-electron chi connectivity index (χ3n) is 4.68. The molecule has 2 aliphatic rings. The molecule has 3 rings (SSSR count). The smallest absolute Gasteiger partial charge is 0.257 e. The molecule has 0 aliphatic carbocycles. The molecule has 3 heterocycles. The minimum absolute atomic E-state index is 0.0574. The first-order valence-corrected chi connectivity index (χ1v) is 8.35. The second-order valence-electron chi connectivity index (χ2n) is 6.36. The van der Waals surface area contributed by atoms with Crippen LogP contribution < -0.4 is 4.90 Å². The maximum Gasteiger partial charge on any atom is 0.257 e. The number of likely N-dealkylation sites (N-methyl/N-ethyl adjacent to an activating group) is 1. The summed E-state index contributed by atoms with van der Waals surface area (Å²) in [6, 6.07) is 0. The zero-order valence-electron chi connectivity index (χ0n) is 14.3. The van der Waals surface area contributed by atoms with Crippen LogP contribution in [0.2, 0.25) is 0 Å². The van der Waals surface area contributed by atoms with Crippen LogP contribution in [0.15, 0.2) is 12.4 Å². The fourth-order valence-corrected chi connectivity index (χ4v) is 3.01. The van der Waals surface area contributed by atoms with Crippen molar-refractivity contribution >= 4 is 17.8 Å². The first kappa shape index (κ1) is 16.6. The highest BCUT2D eigenvalue weighted by Gasteiger charge is 2.24. The van der Waals surface area contributed by atoms with E-state index in [1.807, 2.05) is 0 Å². The van der Waals surface area contributed by atoms with E-state index >= 15 is 0 Å². The molecule has 2 saturated heterocycles. The highest BCUT2D eigenvalue weighted by Crippen LogP contribution is 2.12. The molecule has 0 spiro atoms. The van der Waals surface area contributed by atoms with Crippen molar-refractivity contribution in [3.8, 4) is 0 Å². The van der Waals surface area contributed by atoms with Crippen LogP contribution in [0.5, 0.6) is 0 Å². The van der Waals surface area contributed by atoms with Crippen LogP contribution in [-0.4, -0.2) is 95.9 Å². The summed E-state index contributed by atoms with van der Waals surface area (Å²) in [7, 11) is 2.10. The van der Waals surface area contributed by atoms with E-state index in [4.69, 9.17) is 0 Å². The van der Waals surface area contributed by atoms with Crippen molar-refractivity contribution in [2.45, 2.75) is 6.92 Å². The quantitative estimate of drug-likeness (QED) is 0.729. The van der Waals surface area contributed by atoms with Crippen molar-refractivity contribution in [1.82, 2.24) is 24.7 Å². The lowest BCUT2D eigenvalue weighted by atomic mass is 10.2. The van der Waals surface area contributed by atoms with Gasteiger partial charge in [-0.3, -0.25) is 9.59 Å². The molecular formula is C16H24N6O2. The Labute approximate surface area is 142 Å². The Balaban J connectivity index is 1.59. The molecular weight excluding hydrogens is 308 g/mol. The van der Waals surface area contributed by atoms with Gasteiger partial charge < -0.3 is 19.6 Å². The Bertz CT molecular complexity index is 589. The molecule has 8 nitrogen and oxygen atoms in total.